The summed E-state index contributed by atoms with van der Waals surface area (Å²) in [5.41, 5.74) is 3.54. The van der Waals surface area contributed by atoms with Crippen molar-refractivity contribution in [1.29, 1.82) is 0 Å². The zero-order valence-corrected chi connectivity index (χ0v) is 11.7. The number of carbonyl (C=O) groups excluding carboxylic acids is 1. The SMILES string of the molecule is CCC1(C(=O)Cc2cc(C)ccc2C)CCNC1. The second kappa shape index (κ2) is 5.23. The van der Waals surface area contributed by atoms with Crippen LogP contribution in [0.15, 0.2) is 18.2 Å². The fraction of sp³-hybridized carbons (Fsp3) is 0.562. The van der Waals surface area contributed by atoms with Gasteiger partial charge in [0.25, 0.3) is 0 Å². The van der Waals surface area contributed by atoms with E-state index in [1.807, 2.05) is 0 Å². The Balaban J connectivity index is 2.18. The summed E-state index contributed by atoms with van der Waals surface area (Å²) < 4.78 is 0. The van der Waals surface area contributed by atoms with Gasteiger partial charge in [-0.2, -0.15) is 0 Å². The molecule has 1 heterocycles. The molecule has 1 aromatic rings. The van der Waals surface area contributed by atoms with Gasteiger partial charge in [0.15, 0.2) is 0 Å². The Hall–Kier alpha value is -1.15. The van der Waals surface area contributed by atoms with Crippen molar-refractivity contribution in [3.8, 4) is 0 Å². The number of hydrogen-bond acceptors (Lipinski definition) is 2. The van der Waals surface area contributed by atoms with Gasteiger partial charge in [0.1, 0.15) is 5.78 Å². The number of benzene rings is 1. The number of carbonyl (C=O) groups is 1. The molecule has 1 aliphatic rings. The van der Waals surface area contributed by atoms with Gasteiger partial charge in [0.2, 0.25) is 0 Å². The van der Waals surface area contributed by atoms with Crippen LogP contribution in [0, 0.1) is 19.3 Å². The highest BCUT2D eigenvalue weighted by Gasteiger charge is 2.38. The van der Waals surface area contributed by atoms with E-state index in [0.717, 1.165) is 25.9 Å². The first-order chi connectivity index (χ1) is 8.57. The van der Waals surface area contributed by atoms with Crippen molar-refractivity contribution in [2.75, 3.05) is 13.1 Å². The summed E-state index contributed by atoms with van der Waals surface area (Å²) in [4.78, 5) is 12.6. The largest absolute Gasteiger partial charge is 0.316 e. The molecule has 18 heavy (non-hydrogen) atoms. The van der Waals surface area contributed by atoms with Gasteiger partial charge < -0.3 is 5.32 Å². The molecular weight excluding hydrogens is 222 g/mol. The summed E-state index contributed by atoms with van der Waals surface area (Å²) in [6.45, 7) is 8.14. The monoisotopic (exact) mass is 245 g/mol. The van der Waals surface area contributed by atoms with Gasteiger partial charge in [-0.25, -0.2) is 0 Å². The van der Waals surface area contributed by atoms with Crippen LogP contribution >= 0.6 is 0 Å². The van der Waals surface area contributed by atoms with Crippen LogP contribution in [0.25, 0.3) is 0 Å². The van der Waals surface area contributed by atoms with Gasteiger partial charge in [-0.1, -0.05) is 30.7 Å². The van der Waals surface area contributed by atoms with Gasteiger partial charge >= 0.3 is 0 Å². The van der Waals surface area contributed by atoms with Crippen molar-refractivity contribution in [3.63, 3.8) is 0 Å². The maximum absolute atomic E-state index is 12.6. The maximum atomic E-state index is 12.6. The second-order valence-electron chi connectivity index (χ2n) is 5.59. The van der Waals surface area contributed by atoms with Crippen molar-refractivity contribution in [3.05, 3.63) is 34.9 Å². The zero-order valence-electron chi connectivity index (χ0n) is 11.7. The van der Waals surface area contributed by atoms with Crippen LogP contribution in [0.2, 0.25) is 0 Å². The van der Waals surface area contributed by atoms with Crippen LogP contribution in [0.1, 0.15) is 36.5 Å². The third-order valence-electron chi connectivity index (χ3n) is 4.37. The van der Waals surface area contributed by atoms with Crippen molar-refractivity contribution < 1.29 is 4.79 Å². The van der Waals surface area contributed by atoms with Crippen LogP contribution < -0.4 is 5.32 Å². The quantitative estimate of drug-likeness (QED) is 0.883. The van der Waals surface area contributed by atoms with E-state index in [1.165, 1.54) is 16.7 Å². The summed E-state index contributed by atoms with van der Waals surface area (Å²) in [6, 6.07) is 6.37. The van der Waals surface area contributed by atoms with Gasteiger partial charge in [-0.05, 0) is 44.4 Å². The highest BCUT2D eigenvalue weighted by Crippen LogP contribution is 2.32. The number of Topliss-reactive ketones (excluding diaryl/α,β-unsaturated/α-hetero) is 1. The molecule has 2 nitrogen and oxygen atoms in total. The van der Waals surface area contributed by atoms with E-state index >= 15 is 0 Å². The van der Waals surface area contributed by atoms with Crippen molar-refractivity contribution in [1.82, 2.24) is 5.32 Å². The average Bonchev–Trinajstić information content (AvgIpc) is 2.84. The summed E-state index contributed by atoms with van der Waals surface area (Å²) in [5, 5.41) is 3.34. The van der Waals surface area contributed by atoms with Crippen LogP contribution in [0.3, 0.4) is 0 Å². The molecule has 1 unspecified atom stereocenters. The highest BCUT2D eigenvalue weighted by molar-refractivity contribution is 5.87. The smallest absolute Gasteiger partial charge is 0.144 e. The first-order valence-electron chi connectivity index (χ1n) is 6.87. The summed E-state index contributed by atoms with van der Waals surface area (Å²) in [6.07, 6.45) is 2.53. The van der Waals surface area contributed by atoms with Gasteiger partial charge in [-0.3, -0.25) is 4.79 Å². The van der Waals surface area contributed by atoms with Gasteiger partial charge in [-0.15, -0.1) is 0 Å². The minimum absolute atomic E-state index is 0.115. The van der Waals surface area contributed by atoms with E-state index in [1.54, 1.807) is 0 Å². The van der Waals surface area contributed by atoms with Crippen molar-refractivity contribution in [2.45, 2.75) is 40.0 Å². The fourth-order valence-electron chi connectivity index (χ4n) is 2.83. The molecule has 0 aliphatic carbocycles. The van der Waals surface area contributed by atoms with E-state index in [-0.39, 0.29) is 5.41 Å². The number of rotatable bonds is 4. The normalized spacial score (nSPS) is 23.3. The lowest BCUT2D eigenvalue weighted by molar-refractivity contribution is -0.127. The molecule has 2 heteroatoms. The minimum atomic E-state index is -0.115. The first kappa shape index (κ1) is 13.3. The standard InChI is InChI=1S/C16H23NO/c1-4-16(7-8-17-11-16)15(18)10-14-9-12(2)5-6-13(14)3/h5-6,9,17H,4,7-8,10-11H2,1-3H3. The molecule has 0 bridgehead atoms. The molecule has 0 aromatic heterocycles. The van der Waals surface area contributed by atoms with E-state index in [2.05, 4.69) is 44.3 Å². The number of nitrogens with one attached hydrogen (secondary N) is 1. The average molecular weight is 245 g/mol. The predicted molar refractivity (Wildman–Crippen MR) is 74.8 cm³/mol. The second-order valence-corrected chi connectivity index (χ2v) is 5.59. The topological polar surface area (TPSA) is 29.1 Å². The van der Waals surface area contributed by atoms with Gasteiger partial charge in [0, 0.05) is 18.4 Å². The zero-order chi connectivity index (χ0) is 13.2. The molecule has 1 N–H and O–H groups in total. The molecule has 0 radical (unpaired) electrons. The van der Waals surface area contributed by atoms with Crippen LogP contribution in [0.4, 0.5) is 0 Å². The van der Waals surface area contributed by atoms with Crippen LogP contribution in [-0.2, 0) is 11.2 Å². The Morgan fingerprint density at radius 2 is 2.17 bits per heavy atom. The summed E-state index contributed by atoms with van der Waals surface area (Å²) >= 11 is 0. The third kappa shape index (κ3) is 2.49. The molecule has 1 saturated heterocycles. The molecule has 1 atom stereocenters. The molecule has 0 spiro atoms. The summed E-state index contributed by atoms with van der Waals surface area (Å²) in [7, 11) is 0. The number of ketones is 1. The Kier molecular flexibility index (Phi) is 3.86. The molecule has 2 rings (SSSR count). The predicted octanol–water partition coefficient (Wildman–Crippen LogP) is 2.80. The van der Waals surface area contributed by atoms with Crippen molar-refractivity contribution in [2.24, 2.45) is 5.41 Å². The number of aryl methyl sites for hydroxylation is 2. The molecule has 0 saturated carbocycles. The lowest BCUT2D eigenvalue weighted by atomic mass is 9.77. The Bertz CT molecular complexity index is 444. The molecule has 1 aliphatic heterocycles. The molecule has 1 aromatic carbocycles. The van der Waals surface area contributed by atoms with Crippen LogP contribution in [-0.4, -0.2) is 18.9 Å². The van der Waals surface area contributed by atoms with E-state index < -0.39 is 0 Å². The Labute approximate surface area is 110 Å². The number of hydrogen-bond donors (Lipinski definition) is 1. The van der Waals surface area contributed by atoms with Crippen molar-refractivity contribution >= 4 is 5.78 Å². The third-order valence-corrected chi connectivity index (χ3v) is 4.37. The Morgan fingerprint density at radius 3 is 2.78 bits per heavy atom. The lowest BCUT2D eigenvalue weighted by Gasteiger charge is -2.25. The van der Waals surface area contributed by atoms with Crippen LogP contribution in [0.5, 0.6) is 0 Å². The van der Waals surface area contributed by atoms with E-state index in [4.69, 9.17) is 0 Å². The Morgan fingerprint density at radius 1 is 1.39 bits per heavy atom. The molecular formula is C16H23NO. The minimum Gasteiger partial charge on any atom is -0.316 e. The molecule has 98 valence electrons. The molecule has 0 amide bonds. The first-order valence-corrected chi connectivity index (χ1v) is 6.87. The molecule has 1 fully saturated rings. The fourth-order valence-corrected chi connectivity index (χ4v) is 2.83. The van der Waals surface area contributed by atoms with Gasteiger partial charge in [0.05, 0.1) is 0 Å². The summed E-state index contributed by atoms with van der Waals surface area (Å²) in [5.74, 6) is 0.406. The highest BCUT2D eigenvalue weighted by atomic mass is 16.1. The van der Waals surface area contributed by atoms with E-state index in [9.17, 15) is 4.79 Å². The van der Waals surface area contributed by atoms with E-state index in [0.29, 0.717) is 12.2 Å². The maximum Gasteiger partial charge on any atom is 0.144 e. The lowest BCUT2D eigenvalue weighted by Crippen LogP contribution is -2.34.